The monoisotopic (exact) mass is 195 g/mol. The number of hydrogen-bond acceptors (Lipinski definition) is 2. The molecular weight excluding hydrogens is 187 g/mol. The highest BCUT2D eigenvalue weighted by Crippen LogP contribution is 2.21. The van der Waals surface area contributed by atoms with Gasteiger partial charge in [-0.3, -0.25) is 0 Å². The molecule has 0 unspecified atom stereocenters. The first-order chi connectivity index (χ1) is 6.57. The van der Waals surface area contributed by atoms with Crippen molar-refractivity contribution in [2.24, 2.45) is 0 Å². The normalized spacial score (nSPS) is 18.7. The second kappa shape index (κ2) is 3.24. The van der Waals surface area contributed by atoms with Crippen LogP contribution in [0.1, 0.15) is 0 Å². The van der Waals surface area contributed by atoms with Gasteiger partial charge in [0.05, 0.1) is 5.50 Å². The summed E-state index contributed by atoms with van der Waals surface area (Å²) in [6.07, 6.45) is 0. The maximum atomic E-state index is 12.7. The molecule has 0 amide bonds. The average Bonchev–Trinajstić information content (AvgIpc) is 1.99. The highest BCUT2D eigenvalue weighted by Gasteiger charge is 2.33. The van der Waals surface area contributed by atoms with Crippen molar-refractivity contribution in [2.75, 3.05) is 13.1 Å². The van der Waals surface area contributed by atoms with Crippen LogP contribution in [0.3, 0.4) is 0 Å². The van der Waals surface area contributed by atoms with Crippen LogP contribution in [0.5, 0.6) is 5.75 Å². The van der Waals surface area contributed by atoms with Gasteiger partial charge in [-0.05, 0) is 0 Å². The standard InChI is InChI=1S/C9H8BF2NO/c10-9(4-13-5-9)14-8-2-6(11)1-7(12)3-8/h1-3,13H,4-5H2. The van der Waals surface area contributed by atoms with Crippen molar-refractivity contribution < 1.29 is 13.5 Å². The molecule has 1 aliphatic rings. The second-order valence-corrected chi connectivity index (χ2v) is 3.38. The van der Waals surface area contributed by atoms with Crippen LogP contribution in [0.2, 0.25) is 0 Å². The molecule has 0 atom stereocenters. The summed E-state index contributed by atoms with van der Waals surface area (Å²) >= 11 is 0. The summed E-state index contributed by atoms with van der Waals surface area (Å²) in [5, 5.41) is 2.91. The van der Waals surface area contributed by atoms with Crippen molar-refractivity contribution in [3.8, 4) is 5.75 Å². The molecule has 0 spiro atoms. The van der Waals surface area contributed by atoms with Crippen molar-refractivity contribution in [3.05, 3.63) is 29.8 Å². The summed E-state index contributed by atoms with van der Waals surface area (Å²) in [4.78, 5) is 0. The van der Waals surface area contributed by atoms with Crippen LogP contribution >= 0.6 is 0 Å². The zero-order chi connectivity index (χ0) is 10.2. The van der Waals surface area contributed by atoms with Crippen molar-refractivity contribution >= 4 is 7.85 Å². The number of halogens is 2. The smallest absolute Gasteiger partial charge is 0.135 e. The first-order valence-corrected chi connectivity index (χ1v) is 4.22. The summed E-state index contributed by atoms with van der Waals surface area (Å²) in [6.45, 7) is 0.955. The third-order valence-corrected chi connectivity index (χ3v) is 2.01. The Morgan fingerprint density at radius 2 is 1.79 bits per heavy atom. The summed E-state index contributed by atoms with van der Waals surface area (Å²) in [5.41, 5.74) is -0.833. The van der Waals surface area contributed by atoms with Crippen LogP contribution in [0.4, 0.5) is 8.78 Å². The van der Waals surface area contributed by atoms with E-state index in [0.717, 1.165) is 18.2 Å². The highest BCUT2D eigenvalue weighted by atomic mass is 19.1. The fraction of sp³-hybridized carbons (Fsp3) is 0.333. The largest absolute Gasteiger partial charge is 0.495 e. The maximum absolute atomic E-state index is 12.7. The van der Waals surface area contributed by atoms with Gasteiger partial charge in [0.15, 0.2) is 0 Å². The molecule has 0 aliphatic carbocycles. The number of rotatable bonds is 2. The number of nitrogens with one attached hydrogen (secondary N) is 1. The quantitative estimate of drug-likeness (QED) is 0.705. The first kappa shape index (κ1) is 9.46. The molecule has 2 nitrogen and oxygen atoms in total. The lowest BCUT2D eigenvalue weighted by Crippen LogP contribution is -2.63. The molecule has 2 radical (unpaired) electrons. The number of benzene rings is 1. The Morgan fingerprint density at radius 1 is 1.21 bits per heavy atom. The molecule has 14 heavy (non-hydrogen) atoms. The Morgan fingerprint density at radius 3 is 2.21 bits per heavy atom. The van der Waals surface area contributed by atoms with Gasteiger partial charge < -0.3 is 10.1 Å². The number of hydrogen-bond donors (Lipinski definition) is 1. The molecule has 1 aromatic carbocycles. The van der Waals surface area contributed by atoms with Crippen molar-refractivity contribution in [3.63, 3.8) is 0 Å². The summed E-state index contributed by atoms with van der Waals surface area (Å²) in [5.74, 6) is -1.22. The van der Waals surface area contributed by atoms with E-state index in [1.54, 1.807) is 0 Å². The van der Waals surface area contributed by atoms with Crippen molar-refractivity contribution in [1.82, 2.24) is 5.32 Å². The Hall–Kier alpha value is -1.10. The maximum Gasteiger partial charge on any atom is 0.135 e. The minimum Gasteiger partial charge on any atom is -0.495 e. The van der Waals surface area contributed by atoms with Gasteiger partial charge in [-0.1, -0.05) is 0 Å². The van der Waals surface area contributed by atoms with E-state index >= 15 is 0 Å². The van der Waals surface area contributed by atoms with Crippen LogP contribution in [0.15, 0.2) is 18.2 Å². The second-order valence-electron chi connectivity index (χ2n) is 3.38. The third kappa shape index (κ3) is 1.87. The minimum atomic E-state index is -0.833. The Bertz CT molecular complexity index is 334. The molecule has 1 N–H and O–H groups in total. The molecule has 0 aromatic heterocycles. The SMILES string of the molecule is [B]C1(Oc2cc(F)cc(F)c2)CNC1. The topological polar surface area (TPSA) is 21.3 Å². The van der Waals surface area contributed by atoms with E-state index in [1.807, 2.05) is 0 Å². The summed E-state index contributed by atoms with van der Waals surface area (Å²) < 4.78 is 30.7. The predicted octanol–water partition coefficient (Wildman–Crippen LogP) is 0.812. The van der Waals surface area contributed by atoms with E-state index in [4.69, 9.17) is 12.6 Å². The molecular formula is C9H8BF2NO. The van der Waals surface area contributed by atoms with Gasteiger partial charge in [0.25, 0.3) is 0 Å². The van der Waals surface area contributed by atoms with E-state index in [0.29, 0.717) is 13.1 Å². The molecule has 72 valence electrons. The van der Waals surface area contributed by atoms with E-state index in [9.17, 15) is 8.78 Å². The van der Waals surface area contributed by atoms with Gasteiger partial charge in [0.2, 0.25) is 0 Å². The number of ether oxygens (including phenoxy) is 1. The van der Waals surface area contributed by atoms with Gasteiger partial charge in [0, 0.05) is 31.3 Å². The van der Waals surface area contributed by atoms with Crippen LogP contribution in [0.25, 0.3) is 0 Å². The Balaban J connectivity index is 2.16. The zero-order valence-electron chi connectivity index (χ0n) is 7.39. The molecule has 0 bridgehead atoms. The van der Waals surface area contributed by atoms with Crippen molar-refractivity contribution in [1.29, 1.82) is 0 Å². The Labute approximate surface area is 81.7 Å². The van der Waals surface area contributed by atoms with Gasteiger partial charge in [-0.25, -0.2) is 8.78 Å². The fourth-order valence-electron chi connectivity index (χ4n) is 1.27. The van der Waals surface area contributed by atoms with Crippen molar-refractivity contribution in [2.45, 2.75) is 5.50 Å². The molecule has 1 aromatic rings. The lowest BCUT2D eigenvalue weighted by atomic mass is 9.76. The van der Waals surface area contributed by atoms with E-state index in [-0.39, 0.29) is 5.75 Å². The third-order valence-electron chi connectivity index (χ3n) is 2.01. The van der Waals surface area contributed by atoms with Crippen LogP contribution in [-0.2, 0) is 0 Å². The summed E-state index contributed by atoms with van der Waals surface area (Å²) in [7, 11) is 5.71. The van der Waals surface area contributed by atoms with Gasteiger partial charge >= 0.3 is 0 Å². The molecule has 1 aliphatic heterocycles. The first-order valence-electron chi connectivity index (χ1n) is 4.22. The van der Waals surface area contributed by atoms with Crippen LogP contribution in [0, 0.1) is 11.6 Å². The van der Waals surface area contributed by atoms with E-state index < -0.39 is 17.1 Å². The molecule has 1 heterocycles. The van der Waals surface area contributed by atoms with Gasteiger partial charge in [-0.15, -0.1) is 0 Å². The van der Waals surface area contributed by atoms with Gasteiger partial charge in [-0.2, -0.15) is 0 Å². The van der Waals surface area contributed by atoms with Crippen LogP contribution < -0.4 is 10.1 Å². The lowest BCUT2D eigenvalue weighted by Gasteiger charge is -2.40. The summed E-state index contributed by atoms with van der Waals surface area (Å²) in [6, 6.07) is 3.00. The molecule has 0 saturated carbocycles. The fourth-order valence-corrected chi connectivity index (χ4v) is 1.27. The predicted molar refractivity (Wildman–Crippen MR) is 48.3 cm³/mol. The van der Waals surface area contributed by atoms with E-state index in [1.165, 1.54) is 0 Å². The highest BCUT2D eigenvalue weighted by molar-refractivity contribution is 6.15. The minimum absolute atomic E-state index is 0.117. The zero-order valence-corrected chi connectivity index (χ0v) is 7.39. The Kier molecular flexibility index (Phi) is 2.19. The van der Waals surface area contributed by atoms with Crippen LogP contribution in [-0.4, -0.2) is 26.4 Å². The average molecular weight is 195 g/mol. The molecule has 5 heteroatoms. The lowest BCUT2D eigenvalue weighted by molar-refractivity contribution is 0.0971. The molecule has 1 saturated heterocycles. The molecule has 1 fully saturated rings. The van der Waals surface area contributed by atoms with Gasteiger partial charge in [0.1, 0.15) is 25.2 Å². The van der Waals surface area contributed by atoms with E-state index in [2.05, 4.69) is 5.32 Å². The molecule has 2 rings (SSSR count).